The zero-order valence-corrected chi connectivity index (χ0v) is 9.92. The fourth-order valence-electron chi connectivity index (χ4n) is 1.68. The van der Waals surface area contributed by atoms with Crippen LogP contribution in [0, 0.1) is 17.5 Å². The number of halogens is 4. The van der Waals surface area contributed by atoms with Crippen molar-refractivity contribution in [3.05, 3.63) is 52.1 Å². The standard InChI is InChI=1S/C11H8ClF3N2O/c1-17-10(6(12)4-16-17)11(18)9-7(14)2-5(13)3-8(9)15/h2-4,11,18H,1H3. The summed E-state index contributed by atoms with van der Waals surface area (Å²) in [4.78, 5) is 0. The summed E-state index contributed by atoms with van der Waals surface area (Å²) in [5.74, 6) is -3.42. The number of benzene rings is 1. The van der Waals surface area contributed by atoms with Crippen molar-refractivity contribution >= 4 is 11.6 Å². The van der Waals surface area contributed by atoms with Crippen molar-refractivity contribution in [2.45, 2.75) is 6.10 Å². The van der Waals surface area contributed by atoms with Gasteiger partial charge in [0.2, 0.25) is 0 Å². The van der Waals surface area contributed by atoms with Crippen LogP contribution >= 0.6 is 11.6 Å². The summed E-state index contributed by atoms with van der Waals surface area (Å²) >= 11 is 5.76. The molecular formula is C11H8ClF3N2O. The molecule has 1 unspecified atom stereocenters. The topological polar surface area (TPSA) is 38.0 Å². The number of nitrogens with zero attached hydrogens (tertiary/aromatic N) is 2. The zero-order valence-electron chi connectivity index (χ0n) is 9.16. The lowest BCUT2D eigenvalue weighted by molar-refractivity contribution is 0.198. The van der Waals surface area contributed by atoms with E-state index in [1.165, 1.54) is 17.9 Å². The molecule has 7 heteroatoms. The number of aromatic nitrogens is 2. The van der Waals surface area contributed by atoms with E-state index in [9.17, 15) is 18.3 Å². The van der Waals surface area contributed by atoms with Gasteiger partial charge in [0.15, 0.2) is 0 Å². The maximum absolute atomic E-state index is 13.5. The van der Waals surface area contributed by atoms with Crippen LogP contribution in [0.5, 0.6) is 0 Å². The average Bonchev–Trinajstić information content (AvgIpc) is 2.56. The lowest BCUT2D eigenvalue weighted by Gasteiger charge is -2.14. The van der Waals surface area contributed by atoms with Crippen LogP contribution in [0.4, 0.5) is 13.2 Å². The minimum atomic E-state index is -1.66. The van der Waals surface area contributed by atoms with Gasteiger partial charge in [0.05, 0.1) is 22.5 Å². The molecule has 1 atom stereocenters. The van der Waals surface area contributed by atoms with Gasteiger partial charge in [-0.25, -0.2) is 13.2 Å². The molecule has 0 radical (unpaired) electrons. The maximum atomic E-state index is 13.5. The molecule has 18 heavy (non-hydrogen) atoms. The highest BCUT2D eigenvalue weighted by Gasteiger charge is 2.25. The Kier molecular flexibility index (Phi) is 3.32. The molecular weight excluding hydrogens is 269 g/mol. The minimum Gasteiger partial charge on any atom is -0.382 e. The van der Waals surface area contributed by atoms with Gasteiger partial charge in [-0.05, 0) is 0 Å². The summed E-state index contributed by atoms with van der Waals surface area (Å²) in [5, 5.41) is 13.8. The summed E-state index contributed by atoms with van der Waals surface area (Å²) in [7, 11) is 1.46. The highest BCUT2D eigenvalue weighted by Crippen LogP contribution is 2.31. The molecule has 0 spiro atoms. The highest BCUT2D eigenvalue weighted by atomic mass is 35.5. The molecule has 1 N–H and O–H groups in total. The molecule has 2 rings (SSSR count). The molecule has 3 nitrogen and oxygen atoms in total. The lowest BCUT2D eigenvalue weighted by Crippen LogP contribution is -2.11. The van der Waals surface area contributed by atoms with Gasteiger partial charge < -0.3 is 5.11 Å². The third-order valence-electron chi connectivity index (χ3n) is 2.51. The number of aliphatic hydroxyl groups excluding tert-OH is 1. The molecule has 0 saturated heterocycles. The van der Waals surface area contributed by atoms with Crippen LogP contribution in [0.25, 0.3) is 0 Å². The summed E-state index contributed by atoms with van der Waals surface area (Å²) in [6, 6.07) is 0.984. The van der Waals surface area contributed by atoms with Crippen molar-refractivity contribution in [1.29, 1.82) is 0 Å². The first-order valence-electron chi connectivity index (χ1n) is 4.91. The van der Waals surface area contributed by atoms with E-state index in [-0.39, 0.29) is 10.7 Å². The predicted molar refractivity (Wildman–Crippen MR) is 58.6 cm³/mol. The SMILES string of the molecule is Cn1ncc(Cl)c1C(O)c1c(F)cc(F)cc1F. The number of hydrogen-bond donors (Lipinski definition) is 1. The smallest absolute Gasteiger partial charge is 0.135 e. The lowest BCUT2D eigenvalue weighted by atomic mass is 10.0. The van der Waals surface area contributed by atoms with E-state index in [0.29, 0.717) is 12.1 Å². The fourth-order valence-corrected chi connectivity index (χ4v) is 1.95. The molecule has 0 aliphatic heterocycles. The van der Waals surface area contributed by atoms with Gasteiger partial charge in [0.1, 0.15) is 23.6 Å². The van der Waals surface area contributed by atoms with Gasteiger partial charge in [-0.1, -0.05) is 11.6 Å². The Morgan fingerprint density at radius 2 is 1.83 bits per heavy atom. The van der Waals surface area contributed by atoms with Crippen LogP contribution < -0.4 is 0 Å². The molecule has 1 aromatic carbocycles. The van der Waals surface area contributed by atoms with Crippen molar-refractivity contribution in [1.82, 2.24) is 9.78 Å². The van der Waals surface area contributed by atoms with Gasteiger partial charge >= 0.3 is 0 Å². The second-order valence-corrected chi connectivity index (χ2v) is 4.09. The van der Waals surface area contributed by atoms with Crippen LogP contribution in [0.1, 0.15) is 17.4 Å². The molecule has 0 saturated carbocycles. The molecule has 2 aromatic rings. The normalized spacial score (nSPS) is 12.8. The summed E-state index contributed by atoms with van der Waals surface area (Å²) < 4.78 is 41.0. The van der Waals surface area contributed by atoms with Crippen LogP contribution in [0.3, 0.4) is 0 Å². The van der Waals surface area contributed by atoms with E-state index in [4.69, 9.17) is 11.6 Å². The van der Waals surface area contributed by atoms with Gasteiger partial charge in [0, 0.05) is 19.2 Å². The first-order valence-corrected chi connectivity index (χ1v) is 5.29. The van der Waals surface area contributed by atoms with Crippen molar-refractivity contribution < 1.29 is 18.3 Å². The third-order valence-corrected chi connectivity index (χ3v) is 2.81. The monoisotopic (exact) mass is 276 g/mol. The second-order valence-electron chi connectivity index (χ2n) is 3.69. The summed E-state index contributed by atoms with van der Waals surface area (Å²) in [6.07, 6.45) is -0.426. The van der Waals surface area contributed by atoms with E-state index in [0.717, 1.165) is 0 Å². The van der Waals surface area contributed by atoms with Crippen molar-refractivity contribution in [2.75, 3.05) is 0 Å². The van der Waals surface area contributed by atoms with Gasteiger partial charge in [-0.2, -0.15) is 5.10 Å². The minimum absolute atomic E-state index is 0.0288. The summed E-state index contributed by atoms with van der Waals surface area (Å²) in [5.41, 5.74) is -0.636. The first kappa shape index (κ1) is 12.9. The van der Waals surface area contributed by atoms with Crippen LogP contribution in [0.15, 0.2) is 18.3 Å². The number of aliphatic hydroxyl groups is 1. The van der Waals surface area contributed by atoms with E-state index in [2.05, 4.69) is 5.10 Å². The Morgan fingerprint density at radius 3 is 2.28 bits per heavy atom. The van der Waals surface area contributed by atoms with Crippen molar-refractivity contribution in [3.8, 4) is 0 Å². The molecule has 96 valence electrons. The van der Waals surface area contributed by atoms with Crippen molar-refractivity contribution in [3.63, 3.8) is 0 Å². The fraction of sp³-hybridized carbons (Fsp3) is 0.182. The molecule has 0 aliphatic carbocycles. The second kappa shape index (κ2) is 4.62. The zero-order chi connectivity index (χ0) is 13.4. The van der Waals surface area contributed by atoms with Crippen molar-refractivity contribution in [2.24, 2.45) is 7.05 Å². The highest BCUT2D eigenvalue weighted by molar-refractivity contribution is 6.31. The Balaban J connectivity index is 2.56. The molecule has 0 amide bonds. The molecule has 1 aromatic heterocycles. The Labute approximate surface area is 105 Å². The van der Waals surface area contributed by atoms with Gasteiger partial charge in [-0.3, -0.25) is 4.68 Å². The van der Waals surface area contributed by atoms with E-state index in [1.54, 1.807) is 0 Å². The van der Waals surface area contributed by atoms with Crippen LogP contribution in [-0.2, 0) is 7.05 Å². The van der Waals surface area contributed by atoms with Crippen LogP contribution in [0.2, 0.25) is 5.02 Å². The van der Waals surface area contributed by atoms with Gasteiger partial charge in [-0.15, -0.1) is 0 Å². The van der Waals surface area contributed by atoms with E-state index >= 15 is 0 Å². The quantitative estimate of drug-likeness (QED) is 0.915. The Morgan fingerprint density at radius 1 is 1.28 bits per heavy atom. The Bertz CT molecular complexity index is 557. The Hall–Kier alpha value is -1.53. The average molecular weight is 277 g/mol. The van der Waals surface area contributed by atoms with E-state index in [1.807, 2.05) is 0 Å². The van der Waals surface area contributed by atoms with Crippen LogP contribution in [-0.4, -0.2) is 14.9 Å². The molecule has 0 bridgehead atoms. The number of aryl methyl sites for hydroxylation is 1. The molecule has 0 aliphatic rings. The van der Waals surface area contributed by atoms with E-state index < -0.39 is 29.1 Å². The first-order chi connectivity index (χ1) is 8.41. The number of hydrogen-bond acceptors (Lipinski definition) is 2. The maximum Gasteiger partial charge on any atom is 0.135 e. The number of rotatable bonds is 2. The largest absolute Gasteiger partial charge is 0.382 e. The predicted octanol–water partition coefficient (Wildman–Crippen LogP) is 2.57. The third kappa shape index (κ3) is 2.09. The summed E-state index contributed by atoms with van der Waals surface area (Å²) in [6.45, 7) is 0. The molecule has 0 fully saturated rings. The molecule has 1 heterocycles. The van der Waals surface area contributed by atoms with Gasteiger partial charge in [0.25, 0.3) is 0 Å².